The van der Waals surface area contributed by atoms with Gasteiger partial charge in [0.05, 0.1) is 16.6 Å². The van der Waals surface area contributed by atoms with E-state index in [1.807, 2.05) is 75.9 Å². The van der Waals surface area contributed by atoms with Gasteiger partial charge in [-0.25, -0.2) is 13.1 Å². The highest BCUT2D eigenvalue weighted by molar-refractivity contribution is 7.89. The molecule has 0 saturated carbocycles. The number of benzene rings is 1. The van der Waals surface area contributed by atoms with Crippen molar-refractivity contribution < 1.29 is 8.42 Å². The van der Waals surface area contributed by atoms with Crippen LogP contribution in [0.3, 0.4) is 0 Å². The minimum Gasteiger partial charge on any atom is -0.260 e. The Morgan fingerprint density at radius 2 is 1.71 bits per heavy atom. The summed E-state index contributed by atoms with van der Waals surface area (Å²) < 4.78 is 31.2. The van der Waals surface area contributed by atoms with E-state index < -0.39 is 10.0 Å². The molecule has 3 aromatic rings. The summed E-state index contributed by atoms with van der Waals surface area (Å²) in [6.45, 7) is 11.8. The van der Waals surface area contributed by atoms with E-state index >= 15 is 0 Å². The summed E-state index contributed by atoms with van der Waals surface area (Å²) in [4.78, 5) is 1.46. The third kappa shape index (κ3) is 3.92. The highest BCUT2D eigenvalue weighted by Crippen LogP contribution is 2.28. The van der Waals surface area contributed by atoms with E-state index in [0.29, 0.717) is 4.90 Å². The van der Waals surface area contributed by atoms with Gasteiger partial charge in [-0.15, -0.1) is 11.3 Å². The molecule has 5 nitrogen and oxygen atoms in total. The number of thiophene rings is 1. The summed E-state index contributed by atoms with van der Waals surface area (Å²) in [5.74, 6) is 0. The Labute approximate surface area is 171 Å². The van der Waals surface area contributed by atoms with Gasteiger partial charge in [-0.3, -0.25) is 4.68 Å². The first-order chi connectivity index (χ1) is 13.1. The van der Waals surface area contributed by atoms with Crippen molar-refractivity contribution in [2.75, 3.05) is 6.54 Å². The van der Waals surface area contributed by atoms with Crippen molar-refractivity contribution in [3.8, 4) is 0 Å². The molecule has 0 aliphatic carbocycles. The van der Waals surface area contributed by atoms with Crippen molar-refractivity contribution >= 4 is 21.4 Å². The lowest BCUT2D eigenvalue weighted by Gasteiger charge is -2.21. The Morgan fingerprint density at radius 1 is 1.07 bits per heavy atom. The summed E-state index contributed by atoms with van der Waals surface area (Å²) in [6, 6.07) is 7.86. The van der Waals surface area contributed by atoms with Gasteiger partial charge < -0.3 is 0 Å². The van der Waals surface area contributed by atoms with Crippen molar-refractivity contribution in [3.05, 3.63) is 68.2 Å². The van der Waals surface area contributed by atoms with Gasteiger partial charge in [-0.05, 0) is 81.3 Å². The van der Waals surface area contributed by atoms with Crippen LogP contribution >= 0.6 is 11.3 Å². The summed E-state index contributed by atoms with van der Waals surface area (Å²) in [7, 11) is -3.65. The van der Waals surface area contributed by atoms with Gasteiger partial charge in [0.2, 0.25) is 10.0 Å². The van der Waals surface area contributed by atoms with Crippen molar-refractivity contribution in [2.24, 2.45) is 0 Å². The average Bonchev–Trinajstić information content (AvgIpc) is 3.24. The molecule has 1 unspecified atom stereocenters. The van der Waals surface area contributed by atoms with E-state index in [0.717, 1.165) is 38.5 Å². The number of nitrogens with zero attached hydrogens (tertiary/aromatic N) is 2. The summed E-state index contributed by atoms with van der Waals surface area (Å²) in [6.07, 6.45) is 0. The molecule has 1 aromatic carbocycles. The molecule has 0 amide bonds. The standard InChI is InChI=1S/C21H27N3O2S2/c1-13-10-14(2)18(6)21(17(13)5)28(25,26)22-12-19(20-8-7-9-27-20)24-16(4)11-15(3)23-24/h7-11,19,22H,12H2,1-6H3. The number of aromatic nitrogens is 2. The highest BCUT2D eigenvalue weighted by Gasteiger charge is 2.25. The molecule has 2 heterocycles. The van der Waals surface area contributed by atoms with Crippen LogP contribution in [0.15, 0.2) is 34.5 Å². The van der Waals surface area contributed by atoms with Crippen LogP contribution in [-0.4, -0.2) is 24.7 Å². The number of nitrogens with one attached hydrogen (secondary N) is 1. The Kier molecular flexibility index (Phi) is 5.79. The second-order valence-electron chi connectivity index (χ2n) is 7.34. The van der Waals surface area contributed by atoms with Gasteiger partial charge in [-0.1, -0.05) is 12.1 Å². The Morgan fingerprint density at radius 3 is 2.21 bits per heavy atom. The predicted molar refractivity (Wildman–Crippen MR) is 115 cm³/mol. The third-order valence-electron chi connectivity index (χ3n) is 5.24. The lowest BCUT2D eigenvalue weighted by molar-refractivity contribution is 0.499. The van der Waals surface area contributed by atoms with Crippen LogP contribution in [0.1, 0.15) is 44.6 Å². The zero-order valence-electron chi connectivity index (χ0n) is 17.2. The molecule has 28 heavy (non-hydrogen) atoms. The van der Waals surface area contributed by atoms with Gasteiger partial charge in [0.25, 0.3) is 0 Å². The fourth-order valence-electron chi connectivity index (χ4n) is 3.59. The van der Waals surface area contributed by atoms with Gasteiger partial charge in [0.15, 0.2) is 0 Å². The minimum atomic E-state index is -3.65. The van der Waals surface area contributed by atoms with Gasteiger partial charge in [0.1, 0.15) is 0 Å². The maximum Gasteiger partial charge on any atom is 0.241 e. The number of aryl methyl sites for hydroxylation is 4. The molecule has 1 N–H and O–H groups in total. The number of hydrogen-bond acceptors (Lipinski definition) is 4. The van der Waals surface area contributed by atoms with E-state index in [1.165, 1.54) is 0 Å². The first-order valence-electron chi connectivity index (χ1n) is 9.25. The normalized spacial score (nSPS) is 13.1. The molecule has 0 radical (unpaired) electrons. The van der Waals surface area contributed by atoms with Crippen LogP contribution < -0.4 is 4.72 Å². The molecular weight excluding hydrogens is 390 g/mol. The maximum absolute atomic E-state index is 13.2. The van der Waals surface area contributed by atoms with E-state index in [1.54, 1.807) is 11.3 Å². The third-order valence-corrected chi connectivity index (χ3v) is 7.91. The van der Waals surface area contributed by atoms with E-state index in [4.69, 9.17) is 0 Å². The van der Waals surface area contributed by atoms with E-state index in [-0.39, 0.29) is 12.6 Å². The monoisotopic (exact) mass is 417 g/mol. The van der Waals surface area contributed by atoms with Crippen molar-refractivity contribution in [1.82, 2.24) is 14.5 Å². The lowest BCUT2D eigenvalue weighted by Crippen LogP contribution is -2.33. The number of hydrogen-bond donors (Lipinski definition) is 1. The highest BCUT2D eigenvalue weighted by atomic mass is 32.2. The predicted octanol–water partition coefficient (Wildman–Crippen LogP) is 4.36. The average molecular weight is 418 g/mol. The van der Waals surface area contributed by atoms with Crippen molar-refractivity contribution in [1.29, 1.82) is 0 Å². The summed E-state index contributed by atoms with van der Waals surface area (Å²) >= 11 is 1.61. The van der Waals surface area contributed by atoms with E-state index in [2.05, 4.69) is 9.82 Å². The number of rotatable bonds is 6. The maximum atomic E-state index is 13.2. The van der Waals surface area contributed by atoms with Crippen LogP contribution in [0.2, 0.25) is 0 Å². The van der Waals surface area contributed by atoms with Crippen LogP contribution in [0.4, 0.5) is 0 Å². The smallest absolute Gasteiger partial charge is 0.241 e. The van der Waals surface area contributed by atoms with Gasteiger partial charge >= 0.3 is 0 Å². The largest absolute Gasteiger partial charge is 0.260 e. The molecule has 1 atom stereocenters. The number of sulfonamides is 1. The summed E-state index contributed by atoms with van der Waals surface area (Å²) in [5.41, 5.74) is 5.49. The Bertz CT molecular complexity index is 1070. The fraction of sp³-hybridized carbons (Fsp3) is 0.381. The zero-order valence-corrected chi connectivity index (χ0v) is 18.8. The minimum absolute atomic E-state index is 0.185. The fourth-order valence-corrected chi connectivity index (χ4v) is 6.06. The van der Waals surface area contributed by atoms with Crippen molar-refractivity contribution in [2.45, 2.75) is 52.5 Å². The molecule has 150 valence electrons. The first-order valence-corrected chi connectivity index (χ1v) is 11.6. The molecule has 0 spiro atoms. The molecule has 0 fully saturated rings. The molecular formula is C21H27N3O2S2. The Hall–Kier alpha value is -1.96. The van der Waals surface area contributed by atoms with Crippen LogP contribution in [0.5, 0.6) is 0 Å². The molecule has 0 bridgehead atoms. The van der Waals surface area contributed by atoms with Crippen LogP contribution in [-0.2, 0) is 10.0 Å². The molecule has 2 aromatic heterocycles. The van der Waals surface area contributed by atoms with Gasteiger partial charge in [-0.2, -0.15) is 5.10 Å². The topological polar surface area (TPSA) is 64.0 Å². The van der Waals surface area contributed by atoms with Crippen molar-refractivity contribution in [3.63, 3.8) is 0 Å². The molecule has 7 heteroatoms. The SMILES string of the molecule is Cc1cc(C)n(C(CNS(=O)(=O)c2c(C)c(C)cc(C)c2C)c2cccs2)n1. The van der Waals surface area contributed by atoms with Crippen LogP contribution in [0, 0.1) is 41.5 Å². The second-order valence-corrected chi connectivity index (χ2v) is 10.0. The first kappa shape index (κ1) is 20.8. The summed E-state index contributed by atoms with van der Waals surface area (Å²) in [5, 5.41) is 6.59. The molecule has 3 rings (SSSR count). The molecule has 0 aliphatic heterocycles. The molecule has 0 saturated heterocycles. The zero-order chi connectivity index (χ0) is 20.6. The van der Waals surface area contributed by atoms with Crippen LogP contribution in [0.25, 0.3) is 0 Å². The second kappa shape index (κ2) is 7.81. The quantitative estimate of drug-likeness (QED) is 0.648. The lowest BCUT2D eigenvalue weighted by atomic mass is 10.0. The Balaban J connectivity index is 1.97. The van der Waals surface area contributed by atoms with Gasteiger partial charge in [0, 0.05) is 17.1 Å². The van der Waals surface area contributed by atoms with E-state index in [9.17, 15) is 8.42 Å². The molecule has 0 aliphatic rings.